The third-order valence-corrected chi connectivity index (χ3v) is 5.87. The van der Waals surface area contributed by atoms with Gasteiger partial charge in [0.15, 0.2) is 11.2 Å². The second-order valence-electron chi connectivity index (χ2n) is 8.10. The Morgan fingerprint density at radius 1 is 1.03 bits per heavy atom. The first-order valence-corrected chi connectivity index (χ1v) is 11.2. The zero-order valence-electron chi connectivity index (χ0n) is 18.6. The lowest BCUT2D eigenvalue weighted by Gasteiger charge is -2.35. The number of ether oxygens (including phenoxy) is 2. The summed E-state index contributed by atoms with van der Waals surface area (Å²) in [5.41, 5.74) is -2.23. The van der Waals surface area contributed by atoms with Crippen LogP contribution >= 0.6 is 0 Å². The number of nitrogens with one attached hydrogen (secondary N) is 1. The summed E-state index contributed by atoms with van der Waals surface area (Å²) in [7, 11) is -4.25. The maximum atomic E-state index is 13.0. The quantitative estimate of drug-likeness (QED) is 0.462. The van der Waals surface area contributed by atoms with Crippen molar-refractivity contribution in [3.8, 4) is 0 Å². The topological polar surface area (TPSA) is 116 Å². The molecule has 0 aliphatic carbocycles. The molecule has 0 unspecified atom stereocenters. The maximum absolute atomic E-state index is 13.0. The van der Waals surface area contributed by atoms with E-state index < -0.39 is 44.8 Å². The summed E-state index contributed by atoms with van der Waals surface area (Å²) in [6.45, 7) is 10.8. The first-order chi connectivity index (χ1) is 13.7. The van der Waals surface area contributed by atoms with Crippen molar-refractivity contribution in [2.45, 2.75) is 71.4 Å². The molecule has 0 amide bonds. The van der Waals surface area contributed by atoms with Crippen LogP contribution in [0, 0.1) is 12.3 Å². The lowest BCUT2D eigenvalue weighted by molar-refractivity contribution is -0.176. The third kappa shape index (κ3) is 6.12. The number of carbonyl (C=O) groups is 3. The molecule has 9 heteroatoms. The fraction of sp³-hybridized carbons (Fsp3) is 0.571. The molecular weight excluding hydrogens is 410 g/mol. The standard InChI is InChI=1S/C21H31NO7S/c1-8-16(23)21(7,19(25)29-20(4,5)6)17(18(24)28-9-2)22-30(26,27)15-12-10-14(3)11-13-15/h10-13,17,22H,8-9H2,1-7H3/t17-,21-/m0/s1. The van der Waals surface area contributed by atoms with Crippen LogP contribution in [0.2, 0.25) is 0 Å². The summed E-state index contributed by atoms with van der Waals surface area (Å²) in [6, 6.07) is 4.13. The highest BCUT2D eigenvalue weighted by Crippen LogP contribution is 2.31. The van der Waals surface area contributed by atoms with Crippen LogP contribution in [-0.2, 0) is 33.9 Å². The van der Waals surface area contributed by atoms with Crippen LogP contribution in [0.3, 0.4) is 0 Å². The van der Waals surface area contributed by atoms with Gasteiger partial charge in [-0.25, -0.2) is 8.42 Å². The molecule has 0 heterocycles. The van der Waals surface area contributed by atoms with Crippen LogP contribution in [-0.4, -0.2) is 44.4 Å². The highest BCUT2D eigenvalue weighted by molar-refractivity contribution is 7.89. The second-order valence-corrected chi connectivity index (χ2v) is 9.81. The lowest BCUT2D eigenvalue weighted by atomic mass is 9.77. The molecule has 1 rings (SSSR count). The average Bonchev–Trinajstić information content (AvgIpc) is 2.64. The Kier molecular flexibility index (Phi) is 8.33. The zero-order valence-corrected chi connectivity index (χ0v) is 19.4. The number of rotatable bonds is 9. The van der Waals surface area contributed by atoms with E-state index in [4.69, 9.17) is 9.47 Å². The van der Waals surface area contributed by atoms with Crippen LogP contribution < -0.4 is 4.72 Å². The molecule has 1 aromatic rings. The van der Waals surface area contributed by atoms with Crippen molar-refractivity contribution in [1.29, 1.82) is 0 Å². The van der Waals surface area contributed by atoms with Gasteiger partial charge in [-0.3, -0.25) is 14.4 Å². The van der Waals surface area contributed by atoms with Crippen LogP contribution in [0.25, 0.3) is 0 Å². The molecular formula is C21H31NO7S. The van der Waals surface area contributed by atoms with E-state index in [1.165, 1.54) is 32.9 Å². The van der Waals surface area contributed by atoms with Gasteiger partial charge in [-0.05, 0) is 53.7 Å². The largest absolute Gasteiger partial charge is 0.465 e. The van der Waals surface area contributed by atoms with Crippen LogP contribution in [0.15, 0.2) is 29.2 Å². The first-order valence-electron chi connectivity index (χ1n) is 9.71. The van der Waals surface area contributed by atoms with E-state index in [2.05, 4.69) is 4.72 Å². The number of ketones is 1. The van der Waals surface area contributed by atoms with Gasteiger partial charge in [-0.15, -0.1) is 0 Å². The Bertz CT molecular complexity index is 885. The number of hydrogen-bond donors (Lipinski definition) is 1. The molecule has 0 bridgehead atoms. The predicted octanol–water partition coefficient (Wildman–Crippen LogP) is 2.53. The van der Waals surface area contributed by atoms with Crippen LogP contribution in [0.1, 0.15) is 53.5 Å². The van der Waals surface area contributed by atoms with E-state index >= 15 is 0 Å². The Morgan fingerprint density at radius 2 is 1.57 bits per heavy atom. The van der Waals surface area contributed by atoms with Gasteiger partial charge in [0.05, 0.1) is 11.5 Å². The first kappa shape index (κ1) is 25.8. The van der Waals surface area contributed by atoms with Crippen molar-refractivity contribution < 1.29 is 32.3 Å². The van der Waals surface area contributed by atoms with Gasteiger partial charge in [0.2, 0.25) is 10.0 Å². The Morgan fingerprint density at radius 3 is 2.00 bits per heavy atom. The van der Waals surface area contributed by atoms with Gasteiger partial charge in [-0.2, -0.15) is 4.72 Å². The zero-order chi connectivity index (χ0) is 23.3. The van der Waals surface area contributed by atoms with Crippen molar-refractivity contribution in [2.75, 3.05) is 6.61 Å². The molecule has 8 nitrogen and oxygen atoms in total. The van der Waals surface area contributed by atoms with E-state index in [-0.39, 0.29) is 17.9 Å². The molecule has 1 aromatic carbocycles. The van der Waals surface area contributed by atoms with Gasteiger partial charge in [-0.1, -0.05) is 24.6 Å². The number of esters is 2. The van der Waals surface area contributed by atoms with E-state index in [0.717, 1.165) is 5.56 Å². The minimum absolute atomic E-state index is 0.0632. The van der Waals surface area contributed by atoms with Crippen molar-refractivity contribution in [3.63, 3.8) is 0 Å². The van der Waals surface area contributed by atoms with Crippen molar-refractivity contribution in [1.82, 2.24) is 4.72 Å². The highest BCUT2D eigenvalue weighted by atomic mass is 32.2. The van der Waals surface area contributed by atoms with Gasteiger partial charge in [0, 0.05) is 6.42 Å². The van der Waals surface area contributed by atoms with E-state index in [1.807, 2.05) is 0 Å². The van der Waals surface area contributed by atoms with Crippen molar-refractivity contribution in [3.05, 3.63) is 29.8 Å². The highest BCUT2D eigenvalue weighted by Gasteiger charge is 2.54. The minimum atomic E-state index is -4.25. The SMILES string of the molecule is CCOC(=O)[C@H](NS(=O)(=O)c1ccc(C)cc1)[C@](C)(C(=O)CC)C(=O)OC(C)(C)C. The van der Waals surface area contributed by atoms with Crippen molar-refractivity contribution in [2.24, 2.45) is 5.41 Å². The molecule has 0 aliphatic rings. The predicted molar refractivity (Wildman–Crippen MR) is 111 cm³/mol. The van der Waals surface area contributed by atoms with E-state index in [9.17, 15) is 22.8 Å². The molecule has 0 saturated heterocycles. The summed E-state index contributed by atoms with van der Waals surface area (Å²) < 4.78 is 38.5. The lowest BCUT2D eigenvalue weighted by Crippen LogP contribution is -2.60. The van der Waals surface area contributed by atoms with Gasteiger partial charge < -0.3 is 9.47 Å². The molecule has 0 radical (unpaired) electrons. The number of hydrogen-bond acceptors (Lipinski definition) is 7. The van der Waals surface area contributed by atoms with E-state index in [0.29, 0.717) is 0 Å². The fourth-order valence-electron chi connectivity index (χ4n) is 2.71. The minimum Gasteiger partial charge on any atom is -0.465 e. The molecule has 1 N–H and O–H groups in total. The smallest absolute Gasteiger partial charge is 0.325 e. The third-order valence-electron chi connectivity index (χ3n) is 4.43. The summed E-state index contributed by atoms with van der Waals surface area (Å²) in [5.74, 6) is -2.70. The molecule has 0 saturated carbocycles. The second kappa shape index (κ2) is 9.70. The monoisotopic (exact) mass is 441 g/mol. The van der Waals surface area contributed by atoms with Crippen molar-refractivity contribution >= 4 is 27.7 Å². The molecule has 0 aliphatic heterocycles. The molecule has 0 spiro atoms. The summed E-state index contributed by atoms with van der Waals surface area (Å²) >= 11 is 0. The number of carbonyl (C=O) groups excluding carboxylic acids is 3. The Hall–Kier alpha value is -2.26. The number of Topliss-reactive ketones (excluding diaryl/α,β-unsaturated/α-hetero) is 1. The van der Waals surface area contributed by atoms with E-state index in [1.54, 1.807) is 39.8 Å². The number of sulfonamides is 1. The number of benzene rings is 1. The van der Waals surface area contributed by atoms with Crippen LogP contribution in [0.5, 0.6) is 0 Å². The Balaban J connectivity index is 3.54. The normalized spacial score (nSPS) is 15.0. The van der Waals surface area contributed by atoms with Gasteiger partial charge >= 0.3 is 11.9 Å². The molecule has 168 valence electrons. The van der Waals surface area contributed by atoms with Gasteiger partial charge in [0.1, 0.15) is 11.6 Å². The summed E-state index contributed by atoms with van der Waals surface area (Å²) in [4.78, 5) is 38.5. The fourth-order valence-corrected chi connectivity index (χ4v) is 3.98. The Labute approximate surface area is 178 Å². The molecule has 2 atom stereocenters. The maximum Gasteiger partial charge on any atom is 0.325 e. The summed E-state index contributed by atoms with van der Waals surface area (Å²) in [6.07, 6.45) is -0.113. The van der Waals surface area contributed by atoms with Gasteiger partial charge in [0.25, 0.3) is 0 Å². The number of aryl methyl sites for hydroxylation is 1. The average molecular weight is 442 g/mol. The van der Waals surface area contributed by atoms with Crippen LogP contribution in [0.4, 0.5) is 0 Å². The summed E-state index contributed by atoms with van der Waals surface area (Å²) in [5, 5.41) is 0. The molecule has 0 fully saturated rings. The molecule has 30 heavy (non-hydrogen) atoms. The molecule has 0 aromatic heterocycles.